The first-order valence-electron chi connectivity index (χ1n) is 8.17. The van der Waals surface area contributed by atoms with Crippen LogP contribution in [0.4, 0.5) is 0 Å². The minimum absolute atomic E-state index is 0.0422. The first-order chi connectivity index (χ1) is 11.1. The van der Waals surface area contributed by atoms with E-state index in [4.69, 9.17) is 10.5 Å². The third kappa shape index (κ3) is 5.48. The Labute approximate surface area is 146 Å². The third-order valence-electron chi connectivity index (χ3n) is 4.28. The molecule has 2 rings (SSSR count). The summed E-state index contributed by atoms with van der Waals surface area (Å²) in [5, 5.41) is 3.01. The van der Waals surface area contributed by atoms with Crippen LogP contribution >= 0.6 is 15.9 Å². The molecule has 3 N–H and O–H groups in total. The molecular formula is C17H26BrN3O2. The van der Waals surface area contributed by atoms with Gasteiger partial charge in [-0.25, -0.2) is 0 Å². The molecule has 0 aromatic heterocycles. The standard InChI is InChI=1S/C17H26BrN3O2/c1-23-15-5-6-16(18)13(10-15)12-21-9-3-2-4-14(21)11-20-17(22)7-8-19/h5-6,10,14H,2-4,7-9,11-12,19H2,1H3,(H,20,22). The van der Waals surface area contributed by atoms with Crippen molar-refractivity contribution >= 4 is 21.8 Å². The maximum Gasteiger partial charge on any atom is 0.221 e. The summed E-state index contributed by atoms with van der Waals surface area (Å²) < 4.78 is 6.42. The van der Waals surface area contributed by atoms with Gasteiger partial charge in [-0.3, -0.25) is 9.69 Å². The molecule has 1 aromatic rings. The lowest BCUT2D eigenvalue weighted by Crippen LogP contribution is -2.46. The molecule has 23 heavy (non-hydrogen) atoms. The number of piperidine rings is 1. The summed E-state index contributed by atoms with van der Waals surface area (Å²) >= 11 is 3.62. The fourth-order valence-electron chi connectivity index (χ4n) is 2.97. The summed E-state index contributed by atoms with van der Waals surface area (Å²) in [6, 6.07) is 6.43. The van der Waals surface area contributed by atoms with E-state index >= 15 is 0 Å². The topological polar surface area (TPSA) is 67.6 Å². The molecule has 0 spiro atoms. The SMILES string of the molecule is COc1ccc(Br)c(CN2CCCCC2CNC(=O)CCN)c1. The van der Waals surface area contributed by atoms with Crippen LogP contribution in [0.25, 0.3) is 0 Å². The van der Waals surface area contributed by atoms with Crippen LogP contribution in [0.3, 0.4) is 0 Å². The number of nitrogens with two attached hydrogens (primary N) is 1. The summed E-state index contributed by atoms with van der Waals surface area (Å²) in [6.45, 7) is 3.01. The zero-order valence-corrected chi connectivity index (χ0v) is 15.3. The number of amides is 1. The molecule has 6 heteroatoms. The largest absolute Gasteiger partial charge is 0.497 e. The highest BCUT2D eigenvalue weighted by Gasteiger charge is 2.23. The molecular weight excluding hydrogens is 358 g/mol. The molecule has 1 unspecified atom stereocenters. The fraction of sp³-hybridized carbons (Fsp3) is 0.588. The average molecular weight is 384 g/mol. The van der Waals surface area contributed by atoms with Crippen LogP contribution in [0.1, 0.15) is 31.2 Å². The zero-order valence-electron chi connectivity index (χ0n) is 13.7. The van der Waals surface area contributed by atoms with E-state index < -0.39 is 0 Å². The fourth-order valence-corrected chi connectivity index (χ4v) is 3.34. The molecule has 1 amide bonds. The Kier molecular flexibility index (Phi) is 7.33. The summed E-state index contributed by atoms with van der Waals surface area (Å²) in [4.78, 5) is 14.1. The Morgan fingerprint density at radius 1 is 1.48 bits per heavy atom. The maximum absolute atomic E-state index is 11.7. The predicted molar refractivity (Wildman–Crippen MR) is 95.4 cm³/mol. The number of nitrogens with zero attached hydrogens (tertiary/aromatic N) is 1. The van der Waals surface area contributed by atoms with Gasteiger partial charge in [-0.1, -0.05) is 22.4 Å². The Bertz CT molecular complexity index is 525. The highest BCUT2D eigenvalue weighted by atomic mass is 79.9. The van der Waals surface area contributed by atoms with Crippen molar-refractivity contribution in [3.05, 3.63) is 28.2 Å². The van der Waals surface area contributed by atoms with Crippen LogP contribution in [0.5, 0.6) is 5.75 Å². The molecule has 1 aromatic carbocycles. The van der Waals surface area contributed by atoms with Crippen LogP contribution in [-0.4, -0.2) is 43.6 Å². The lowest BCUT2D eigenvalue weighted by atomic mass is 10.0. The molecule has 128 valence electrons. The van der Waals surface area contributed by atoms with Gasteiger partial charge in [0.2, 0.25) is 5.91 Å². The van der Waals surface area contributed by atoms with Crippen molar-refractivity contribution in [2.45, 2.75) is 38.3 Å². The van der Waals surface area contributed by atoms with Gasteiger partial charge in [0.1, 0.15) is 5.75 Å². The van der Waals surface area contributed by atoms with Crippen molar-refractivity contribution in [2.75, 3.05) is 26.7 Å². The summed E-state index contributed by atoms with van der Waals surface area (Å²) in [6.07, 6.45) is 3.93. The number of benzene rings is 1. The molecule has 1 fully saturated rings. The van der Waals surface area contributed by atoms with Gasteiger partial charge >= 0.3 is 0 Å². The number of carbonyl (C=O) groups is 1. The number of rotatable bonds is 7. The zero-order chi connectivity index (χ0) is 16.7. The number of likely N-dealkylation sites (tertiary alicyclic amines) is 1. The van der Waals surface area contributed by atoms with Crippen molar-refractivity contribution in [1.29, 1.82) is 0 Å². The van der Waals surface area contributed by atoms with Gasteiger partial charge in [0.25, 0.3) is 0 Å². The third-order valence-corrected chi connectivity index (χ3v) is 5.06. The van der Waals surface area contributed by atoms with E-state index in [0.717, 1.165) is 29.7 Å². The predicted octanol–water partition coefficient (Wildman–Crippen LogP) is 2.28. The van der Waals surface area contributed by atoms with Crippen LogP contribution in [0.2, 0.25) is 0 Å². The Balaban J connectivity index is 1.99. The van der Waals surface area contributed by atoms with E-state index in [0.29, 0.717) is 25.6 Å². The van der Waals surface area contributed by atoms with Crippen molar-refractivity contribution in [2.24, 2.45) is 5.73 Å². The van der Waals surface area contributed by atoms with Gasteiger partial charge < -0.3 is 15.8 Å². The second-order valence-corrected chi connectivity index (χ2v) is 6.77. The monoisotopic (exact) mass is 383 g/mol. The van der Waals surface area contributed by atoms with Crippen molar-refractivity contribution < 1.29 is 9.53 Å². The maximum atomic E-state index is 11.7. The molecule has 1 aliphatic rings. The van der Waals surface area contributed by atoms with Gasteiger partial charge in [-0.15, -0.1) is 0 Å². The molecule has 0 radical (unpaired) electrons. The van der Waals surface area contributed by atoms with Gasteiger partial charge in [0, 0.05) is 36.6 Å². The number of ether oxygens (including phenoxy) is 1. The van der Waals surface area contributed by atoms with E-state index in [-0.39, 0.29) is 5.91 Å². The van der Waals surface area contributed by atoms with Crippen LogP contribution in [0.15, 0.2) is 22.7 Å². The van der Waals surface area contributed by atoms with E-state index in [1.165, 1.54) is 18.4 Å². The van der Waals surface area contributed by atoms with Crippen LogP contribution < -0.4 is 15.8 Å². The van der Waals surface area contributed by atoms with Crippen molar-refractivity contribution in [3.63, 3.8) is 0 Å². The van der Waals surface area contributed by atoms with E-state index in [1.54, 1.807) is 7.11 Å². The number of halogens is 1. The highest BCUT2D eigenvalue weighted by Crippen LogP contribution is 2.26. The highest BCUT2D eigenvalue weighted by molar-refractivity contribution is 9.10. The number of hydrogen-bond donors (Lipinski definition) is 2. The van der Waals surface area contributed by atoms with Crippen LogP contribution in [-0.2, 0) is 11.3 Å². The molecule has 1 heterocycles. The minimum atomic E-state index is 0.0422. The van der Waals surface area contributed by atoms with Crippen LogP contribution in [0, 0.1) is 0 Å². The molecule has 0 aliphatic carbocycles. The van der Waals surface area contributed by atoms with Gasteiger partial charge in [0.05, 0.1) is 7.11 Å². The lowest BCUT2D eigenvalue weighted by Gasteiger charge is -2.36. The molecule has 1 atom stereocenters. The number of hydrogen-bond acceptors (Lipinski definition) is 4. The molecule has 5 nitrogen and oxygen atoms in total. The minimum Gasteiger partial charge on any atom is -0.497 e. The molecule has 0 saturated carbocycles. The van der Waals surface area contributed by atoms with E-state index in [9.17, 15) is 4.79 Å². The number of nitrogens with one attached hydrogen (secondary N) is 1. The summed E-state index contributed by atoms with van der Waals surface area (Å²) in [5.74, 6) is 0.911. The smallest absolute Gasteiger partial charge is 0.221 e. The Morgan fingerprint density at radius 2 is 2.30 bits per heavy atom. The molecule has 1 saturated heterocycles. The first kappa shape index (κ1) is 18.2. The normalized spacial score (nSPS) is 18.7. The van der Waals surface area contributed by atoms with Gasteiger partial charge in [0.15, 0.2) is 0 Å². The molecule has 1 aliphatic heterocycles. The van der Waals surface area contributed by atoms with Crippen molar-refractivity contribution in [1.82, 2.24) is 10.2 Å². The lowest BCUT2D eigenvalue weighted by molar-refractivity contribution is -0.121. The summed E-state index contributed by atoms with van der Waals surface area (Å²) in [7, 11) is 1.68. The molecule has 0 bridgehead atoms. The van der Waals surface area contributed by atoms with E-state index in [1.807, 2.05) is 12.1 Å². The first-order valence-corrected chi connectivity index (χ1v) is 8.96. The van der Waals surface area contributed by atoms with Gasteiger partial charge in [-0.05, 0) is 43.1 Å². The Morgan fingerprint density at radius 3 is 3.04 bits per heavy atom. The number of carbonyl (C=O) groups excluding carboxylic acids is 1. The second kappa shape index (κ2) is 9.25. The number of methoxy groups -OCH3 is 1. The summed E-state index contributed by atoms with van der Waals surface area (Å²) in [5.41, 5.74) is 6.64. The van der Waals surface area contributed by atoms with E-state index in [2.05, 4.69) is 32.2 Å². The average Bonchev–Trinajstić information content (AvgIpc) is 2.56. The van der Waals surface area contributed by atoms with Gasteiger partial charge in [-0.2, -0.15) is 0 Å². The Hall–Kier alpha value is -1.11. The van der Waals surface area contributed by atoms with Crippen molar-refractivity contribution in [3.8, 4) is 5.75 Å². The second-order valence-electron chi connectivity index (χ2n) is 5.92. The quantitative estimate of drug-likeness (QED) is 0.757.